The Labute approximate surface area is 302 Å². The van der Waals surface area contributed by atoms with Crippen molar-refractivity contribution in [2.45, 2.75) is 24.0 Å². The Hall–Kier alpha value is -6.18. The number of anilines is 2. The first kappa shape index (κ1) is 34.7. The van der Waals surface area contributed by atoms with Crippen LogP contribution < -0.4 is 16.0 Å². The van der Waals surface area contributed by atoms with Gasteiger partial charge in [-0.2, -0.15) is 0 Å². The molecular weight excluding hydrogens is 651 g/mol. The second kappa shape index (κ2) is 16.5. The molecule has 0 saturated heterocycles. The first-order valence-corrected chi connectivity index (χ1v) is 17.4. The lowest BCUT2D eigenvalue weighted by Gasteiger charge is -2.19. The summed E-state index contributed by atoms with van der Waals surface area (Å²) in [7, 11) is 0. The van der Waals surface area contributed by atoms with Crippen molar-refractivity contribution in [3.63, 3.8) is 0 Å². The average Bonchev–Trinajstić information content (AvgIpc) is 3.16. The van der Waals surface area contributed by atoms with Gasteiger partial charge in [0, 0.05) is 21.8 Å². The number of nitrogens with one attached hydrogen (secondary N) is 3. The van der Waals surface area contributed by atoms with E-state index < -0.39 is 17.1 Å². The van der Waals surface area contributed by atoms with Crippen LogP contribution >= 0.6 is 11.8 Å². The smallest absolute Gasteiger partial charge is 0.272 e. The molecule has 6 aromatic rings. The highest BCUT2D eigenvalue weighted by Crippen LogP contribution is 2.37. The van der Waals surface area contributed by atoms with Crippen LogP contribution in [0.15, 0.2) is 168 Å². The lowest BCUT2D eigenvalue weighted by atomic mass is 10.0. The lowest BCUT2D eigenvalue weighted by Crippen LogP contribution is -2.30. The summed E-state index contributed by atoms with van der Waals surface area (Å²) >= 11 is 1.39. The van der Waals surface area contributed by atoms with Gasteiger partial charge in [-0.3, -0.25) is 14.4 Å². The number of aryl methyl sites for hydroxylation is 2. The highest BCUT2D eigenvalue weighted by atomic mass is 32.2. The lowest BCUT2D eigenvalue weighted by molar-refractivity contribution is -0.116. The molecule has 6 aromatic carbocycles. The largest absolute Gasteiger partial charge is 0.325 e. The molecule has 0 aromatic heterocycles. The summed E-state index contributed by atoms with van der Waals surface area (Å²) in [5, 5.41) is 8.33. The third kappa shape index (κ3) is 9.29. The van der Waals surface area contributed by atoms with Crippen molar-refractivity contribution in [2.24, 2.45) is 0 Å². The molecule has 0 radical (unpaired) electrons. The number of carbonyl (C=O) groups excluding carboxylic acids is 3. The molecule has 0 aliphatic rings. The summed E-state index contributed by atoms with van der Waals surface area (Å²) in [4.78, 5) is 41.6. The van der Waals surface area contributed by atoms with Crippen molar-refractivity contribution in [3.05, 3.63) is 191 Å². The van der Waals surface area contributed by atoms with E-state index in [4.69, 9.17) is 0 Å². The topological polar surface area (TPSA) is 87.3 Å². The van der Waals surface area contributed by atoms with Gasteiger partial charge in [0.25, 0.3) is 11.8 Å². The summed E-state index contributed by atoms with van der Waals surface area (Å²) in [5.41, 5.74) is 7.57. The van der Waals surface area contributed by atoms with Crippen LogP contribution in [-0.4, -0.2) is 17.7 Å². The first-order chi connectivity index (χ1) is 24.8. The number of hydrogen-bond acceptors (Lipinski definition) is 4. The Morgan fingerprint density at radius 2 is 1.27 bits per heavy atom. The Morgan fingerprint density at radius 3 is 1.98 bits per heavy atom. The van der Waals surface area contributed by atoms with E-state index in [0.717, 1.165) is 44.0 Å². The van der Waals surface area contributed by atoms with Crippen LogP contribution in [-0.2, 0) is 9.59 Å². The van der Waals surface area contributed by atoms with E-state index in [2.05, 4.69) is 16.0 Å². The van der Waals surface area contributed by atoms with Gasteiger partial charge < -0.3 is 16.0 Å². The third-order valence-electron chi connectivity index (χ3n) is 8.19. The number of benzene rings is 6. The highest BCUT2D eigenvalue weighted by Gasteiger charge is 2.23. The number of amides is 3. The maximum atomic E-state index is 13.8. The maximum Gasteiger partial charge on any atom is 0.272 e. The molecule has 51 heavy (non-hydrogen) atoms. The van der Waals surface area contributed by atoms with Crippen molar-refractivity contribution in [1.29, 1.82) is 0 Å². The number of carbonyl (C=O) groups is 3. The van der Waals surface area contributed by atoms with Crippen LogP contribution in [0.4, 0.5) is 11.4 Å². The van der Waals surface area contributed by atoms with E-state index in [9.17, 15) is 14.4 Å². The van der Waals surface area contributed by atoms with Crippen molar-refractivity contribution in [3.8, 4) is 11.1 Å². The summed E-state index contributed by atoms with van der Waals surface area (Å²) < 4.78 is 0. The Kier molecular flexibility index (Phi) is 11.2. The van der Waals surface area contributed by atoms with Crippen molar-refractivity contribution in [2.75, 3.05) is 10.6 Å². The molecule has 6 nitrogen and oxygen atoms in total. The highest BCUT2D eigenvalue weighted by molar-refractivity contribution is 8.00. The Bertz CT molecular complexity index is 2170. The molecule has 1 atom stereocenters. The van der Waals surface area contributed by atoms with Crippen LogP contribution in [0.3, 0.4) is 0 Å². The van der Waals surface area contributed by atoms with Gasteiger partial charge in [0.1, 0.15) is 10.9 Å². The minimum Gasteiger partial charge on any atom is -0.325 e. The third-order valence-corrected chi connectivity index (χ3v) is 9.44. The van der Waals surface area contributed by atoms with Crippen LogP contribution in [0.5, 0.6) is 0 Å². The maximum absolute atomic E-state index is 13.8. The summed E-state index contributed by atoms with van der Waals surface area (Å²) in [6, 6.07) is 49.5. The molecule has 3 amide bonds. The molecule has 0 saturated carbocycles. The molecule has 7 heteroatoms. The number of rotatable bonds is 11. The minimum atomic E-state index is -0.559. The van der Waals surface area contributed by atoms with Gasteiger partial charge in [-0.1, -0.05) is 121 Å². The minimum absolute atomic E-state index is 0.0874. The molecule has 0 heterocycles. The van der Waals surface area contributed by atoms with Crippen molar-refractivity contribution in [1.82, 2.24) is 5.32 Å². The van der Waals surface area contributed by atoms with Crippen LogP contribution in [0.1, 0.15) is 37.9 Å². The van der Waals surface area contributed by atoms with Gasteiger partial charge in [0.2, 0.25) is 5.91 Å². The fraction of sp³-hybridized carbons (Fsp3) is 0.0682. The predicted molar refractivity (Wildman–Crippen MR) is 208 cm³/mol. The van der Waals surface area contributed by atoms with Gasteiger partial charge >= 0.3 is 0 Å². The zero-order valence-corrected chi connectivity index (χ0v) is 29.1. The number of thioether (sulfide) groups is 1. The van der Waals surface area contributed by atoms with E-state index in [1.165, 1.54) is 11.8 Å². The molecule has 3 N–H and O–H groups in total. The molecule has 0 spiro atoms. The van der Waals surface area contributed by atoms with Gasteiger partial charge in [-0.15, -0.1) is 11.8 Å². The van der Waals surface area contributed by atoms with E-state index in [-0.39, 0.29) is 11.6 Å². The Morgan fingerprint density at radius 1 is 0.627 bits per heavy atom. The molecule has 0 aliphatic heterocycles. The standard InChI is InChI=1S/C44H37N3O3S/c1-30-21-22-31(2)39(27-30)46-44(50)41(35-15-8-4-9-16-35)51-38-20-12-19-37(29-38)45-43(49)40(47-42(48)36-17-10-5-11-18-36)28-32-23-25-34(26-24-32)33-13-6-3-7-14-33/h3-29,41H,1-2H3,(H,45,49)(H,46,50)(H,47,48)/b40-28+. The second-order valence-electron chi connectivity index (χ2n) is 12.1. The summed E-state index contributed by atoms with van der Waals surface area (Å²) in [6.45, 7) is 3.96. The molecular formula is C44H37N3O3S. The number of hydrogen-bond donors (Lipinski definition) is 3. The fourth-order valence-electron chi connectivity index (χ4n) is 5.46. The van der Waals surface area contributed by atoms with Crippen molar-refractivity contribution >= 4 is 46.9 Å². The van der Waals surface area contributed by atoms with Crippen molar-refractivity contribution < 1.29 is 14.4 Å². The van der Waals surface area contributed by atoms with Gasteiger partial charge in [-0.25, -0.2) is 0 Å². The first-order valence-electron chi connectivity index (χ1n) is 16.6. The van der Waals surface area contributed by atoms with Gasteiger partial charge in [0.05, 0.1) is 0 Å². The van der Waals surface area contributed by atoms with Gasteiger partial charge in [0.15, 0.2) is 0 Å². The fourth-order valence-corrected chi connectivity index (χ4v) is 6.55. The van der Waals surface area contributed by atoms with E-state index in [1.54, 1.807) is 36.4 Å². The zero-order valence-electron chi connectivity index (χ0n) is 28.3. The normalized spacial score (nSPS) is 11.7. The molecule has 0 aliphatic carbocycles. The SMILES string of the molecule is Cc1ccc(C)c(NC(=O)C(Sc2cccc(NC(=O)/C(=C\c3ccc(-c4ccccc4)cc3)NC(=O)c3ccccc3)c2)c2ccccc2)c1. The zero-order chi connectivity index (χ0) is 35.6. The molecule has 252 valence electrons. The molecule has 6 rings (SSSR count). The van der Waals surface area contributed by atoms with E-state index in [1.807, 2.05) is 141 Å². The Balaban J connectivity index is 1.24. The second-order valence-corrected chi connectivity index (χ2v) is 13.2. The van der Waals surface area contributed by atoms with Crippen LogP contribution in [0.25, 0.3) is 17.2 Å². The van der Waals surface area contributed by atoms with Crippen LogP contribution in [0, 0.1) is 13.8 Å². The summed E-state index contributed by atoms with van der Waals surface area (Å²) in [6.07, 6.45) is 1.66. The molecule has 1 unspecified atom stereocenters. The monoisotopic (exact) mass is 687 g/mol. The summed E-state index contributed by atoms with van der Waals surface area (Å²) in [5.74, 6) is -1.04. The van der Waals surface area contributed by atoms with E-state index in [0.29, 0.717) is 11.3 Å². The van der Waals surface area contributed by atoms with Gasteiger partial charge in [-0.05, 0) is 89.7 Å². The van der Waals surface area contributed by atoms with Crippen LogP contribution in [0.2, 0.25) is 0 Å². The van der Waals surface area contributed by atoms with E-state index >= 15 is 0 Å². The average molecular weight is 688 g/mol. The molecule has 0 fully saturated rings. The predicted octanol–water partition coefficient (Wildman–Crippen LogP) is 9.85. The molecule has 0 bridgehead atoms. The quantitative estimate of drug-likeness (QED) is 0.0935.